The predicted octanol–water partition coefficient (Wildman–Crippen LogP) is 0.559. The number of hydroxylamine groups is 1. The minimum absolute atomic E-state index is 0.0810. The number of alkyl halides is 1. The molecule has 0 saturated heterocycles. The van der Waals surface area contributed by atoms with E-state index in [0.29, 0.717) is 0 Å². The molecule has 33 valence electrons. The van der Waals surface area contributed by atoms with Gasteiger partial charge >= 0.3 is 0 Å². The molecule has 0 spiro atoms. The molecule has 0 aliphatic carbocycles. The first-order valence-corrected chi connectivity index (χ1v) is 2.44. The van der Waals surface area contributed by atoms with Gasteiger partial charge in [0.1, 0.15) is 11.2 Å². The highest BCUT2D eigenvalue weighted by Crippen LogP contribution is 2.00. The number of hydrogen-bond acceptors (Lipinski definition) is 2. The Labute approximate surface area is 44.3 Å². The highest BCUT2D eigenvalue weighted by molar-refractivity contribution is 9.09. The highest BCUT2D eigenvalue weighted by atomic mass is 79.9. The monoisotopic (exact) mass is 148 g/mol. The molecule has 0 aromatic rings. The van der Waals surface area contributed by atoms with Crippen LogP contribution in [0.4, 0.5) is 0 Å². The van der Waals surface area contributed by atoms with Gasteiger partial charge in [-0.2, -0.15) is 0 Å². The van der Waals surface area contributed by atoms with Gasteiger partial charge in [0.2, 0.25) is 0 Å². The zero-order valence-electron chi connectivity index (χ0n) is 2.94. The number of rotatable bonds is 0. The third-order valence-electron chi connectivity index (χ3n) is 0.445. The molecular weight excluding hydrogens is 146 g/mol. The van der Waals surface area contributed by atoms with Crippen LogP contribution in [0.15, 0.2) is 6.26 Å². The SMILES string of the molecule is BrC1[C]=CON1. The van der Waals surface area contributed by atoms with Gasteiger partial charge in [0.05, 0.1) is 0 Å². The summed E-state index contributed by atoms with van der Waals surface area (Å²) in [6.07, 6.45) is 4.25. The summed E-state index contributed by atoms with van der Waals surface area (Å²) >= 11 is 3.16. The van der Waals surface area contributed by atoms with Gasteiger partial charge in [-0.05, 0) is 0 Å². The van der Waals surface area contributed by atoms with E-state index >= 15 is 0 Å². The first kappa shape index (κ1) is 4.15. The lowest BCUT2D eigenvalue weighted by molar-refractivity contribution is 0.163. The van der Waals surface area contributed by atoms with Crippen LogP contribution in [0, 0.1) is 6.08 Å². The quantitative estimate of drug-likeness (QED) is 0.401. The molecule has 1 atom stereocenters. The van der Waals surface area contributed by atoms with Gasteiger partial charge in [-0.3, -0.25) is 0 Å². The Hall–Kier alpha value is -0.0200. The molecule has 1 heterocycles. The second-order valence-electron chi connectivity index (χ2n) is 0.883. The minimum atomic E-state index is 0.0810. The largest absolute Gasteiger partial charge is 0.415 e. The molecule has 0 aromatic heterocycles. The molecule has 1 unspecified atom stereocenters. The lowest BCUT2D eigenvalue weighted by Crippen LogP contribution is -2.12. The van der Waals surface area contributed by atoms with Crippen molar-refractivity contribution in [1.82, 2.24) is 5.48 Å². The van der Waals surface area contributed by atoms with Crippen molar-refractivity contribution >= 4 is 15.9 Å². The Morgan fingerprint density at radius 2 is 2.83 bits per heavy atom. The Kier molecular flexibility index (Phi) is 1.12. The summed E-state index contributed by atoms with van der Waals surface area (Å²) in [4.78, 5) is 4.60. The topological polar surface area (TPSA) is 21.3 Å². The summed E-state index contributed by atoms with van der Waals surface area (Å²) in [5.41, 5.74) is 2.57. The third-order valence-corrected chi connectivity index (χ3v) is 0.896. The fraction of sp³-hybridized carbons (Fsp3) is 0.333. The molecule has 0 saturated carbocycles. The molecule has 1 radical (unpaired) electrons. The van der Waals surface area contributed by atoms with Crippen molar-refractivity contribution < 1.29 is 4.84 Å². The molecule has 2 nitrogen and oxygen atoms in total. The van der Waals surface area contributed by atoms with Crippen LogP contribution >= 0.6 is 15.9 Å². The van der Waals surface area contributed by atoms with E-state index < -0.39 is 0 Å². The van der Waals surface area contributed by atoms with Crippen molar-refractivity contribution in [2.75, 3.05) is 0 Å². The average Bonchev–Trinajstić information content (AvgIpc) is 1.86. The molecular formula is C3H3BrNO. The van der Waals surface area contributed by atoms with Crippen molar-refractivity contribution in [3.05, 3.63) is 12.3 Å². The van der Waals surface area contributed by atoms with E-state index in [1.807, 2.05) is 0 Å². The third kappa shape index (κ3) is 0.725. The first-order valence-electron chi connectivity index (χ1n) is 1.52. The van der Waals surface area contributed by atoms with Crippen LogP contribution in [0.1, 0.15) is 0 Å². The van der Waals surface area contributed by atoms with Gasteiger partial charge < -0.3 is 4.84 Å². The van der Waals surface area contributed by atoms with Gasteiger partial charge in [0.15, 0.2) is 0 Å². The van der Waals surface area contributed by atoms with Crippen LogP contribution in [-0.4, -0.2) is 4.95 Å². The fourth-order valence-corrected chi connectivity index (χ4v) is 0.437. The molecule has 1 aliphatic heterocycles. The van der Waals surface area contributed by atoms with E-state index in [4.69, 9.17) is 0 Å². The van der Waals surface area contributed by atoms with Crippen LogP contribution < -0.4 is 5.48 Å². The Morgan fingerprint density at radius 3 is 3.00 bits per heavy atom. The maximum Gasteiger partial charge on any atom is 0.126 e. The minimum Gasteiger partial charge on any atom is -0.415 e. The normalized spacial score (nSPS) is 30.5. The summed E-state index contributed by atoms with van der Waals surface area (Å²) in [6.45, 7) is 0. The number of halogens is 1. The lowest BCUT2D eigenvalue weighted by atomic mass is 10.7. The van der Waals surface area contributed by atoms with Gasteiger partial charge in [-0.1, -0.05) is 15.9 Å². The maximum atomic E-state index is 4.52. The van der Waals surface area contributed by atoms with Crippen LogP contribution in [-0.2, 0) is 4.84 Å². The Balaban J connectivity index is 2.38. The standard InChI is InChI=1S/C3H3BrNO/c4-3-1-2-6-5-3/h2-3,5H. The van der Waals surface area contributed by atoms with E-state index in [0.717, 1.165) is 0 Å². The smallest absolute Gasteiger partial charge is 0.126 e. The average molecular weight is 149 g/mol. The van der Waals surface area contributed by atoms with E-state index in [-0.39, 0.29) is 4.95 Å². The van der Waals surface area contributed by atoms with Crippen molar-refractivity contribution in [3.8, 4) is 0 Å². The molecule has 1 N–H and O–H groups in total. The Morgan fingerprint density at radius 1 is 2.00 bits per heavy atom. The van der Waals surface area contributed by atoms with Crippen LogP contribution in [0.5, 0.6) is 0 Å². The van der Waals surface area contributed by atoms with Crippen molar-refractivity contribution in [1.29, 1.82) is 0 Å². The summed E-state index contributed by atoms with van der Waals surface area (Å²) in [5, 5.41) is 0. The zero-order chi connectivity index (χ0) is 4.41. The molecule has 0 amide bonds. The summed E-state index contributed by atoms with van der Waals surface area (Å²) in [7, 11) is 0. The van der Waals surface area contributed by atoms with E-state index in [1.54, 1.807) is 0 Å². The van der Waals surface area contributed by atoms with Gasteiger partial charge in [-0.15, -0.1) is 5.48 Å². The van der Waals surface area contributed by atoms with Crippen LogP contribution in [0.3, 0.4) is 0 Å². The Bertz CT molecular complexity index is 73.2. The fourth-order valence-electron chi connectivity index (χ4n) is 0.222. The second kappa shape index (κ2) is 1.62. The van der Waals surface area contributed by atoms with Gasteiger partial charge in [-0.25, -0.2) is 0 Å². The molecule has 1 rings (SSSR count). The highest BCUT2D eigenvalue weighted by Gasteiger charge is 2.01. The predicted molar refractivity (Wildman–Crippen MR) is 24.7 cm³/mol. The maximum absolute atomic E-state index is 4.52. The number of hydrogen-bond donors (Lipinski definition) is 1. The van der Waals surface area contributed by atoms with Crippen molar-refractivity contribution in [2.24, 2.45) is 0 Å². The molecule has 0 bridgehead atoms. The summed E-state index contributed by atoms with van der Waals surface area (Å²) < 4.78 is 0. The molecule has 0 fully saturated rings. The van der Waals surface area contributed by atoms with Crippen LogP contribution in [0.25, 0.3) is 0 Å². The van der Waals surface area contributed by atoms with Gasteiger partial charge in [0, 0.05) is 6.08 Å². The van der Waals surface area contributed by atoms with Crippen molar-refractivity contribution in [2.45, 2.75) is 4.95 Å². The number of nitrogens with one attached hydrogen (secondary N) is 1. The van der Waals surface area contributed by atoms with E-state index in [1.165, 1.54) is 6.26 Å². The molecule has 1 aliphatic rings. The molecule has 0 aromatic carbocycles. The van der Waals surface area contributed by atoms with Crippen molar-refractivity contribution in [3.63, 3.8) is 0 Å². The summed E-state index contributed by atoms with van der Waals surface area (Å²) in [6, 6.07) is 0. The summed E-state index contributed by atoms with van der Waals surface area (Å²) in [5.74, 6) is 0. The second-order valence-corrected chi connectivity index (χ2v) is 1.80. The van der Waals surface area contributed by atoms with Crippen LogP contribution in [0.2, 0.25) is 0 Å². The first-order chi connectivity index (χ1) is 2.89. The lowest BCUT2D eigenvalue weighted by Gasteiger charge is -1.91. The van der Waals surface area contributed by atoms with E-state index in [9.17, 15) is 0 Å². The molecule has 6 heavy (non-hydrogen) atoms. The van der Waals surface area contributed by atoms with Gasteiger partial charge in [0.25, 0.3) is 0 Å². The zero-order valence-corrected chi connectivity index (χ0v) is 4.53. The van der Waals surface area contributed by atoms with E-state index in [2.05, 4.69) is 32.3 Å². The molecule has 3 heteroatoms.